The third-order valence-electron chi connectivity index (χ3n) is 1.40. The molecule has 0 aromatic carbocycles. The van der Waals surface area contributed by atoms with Gasteiger partial charge in [-0.1, -0.05) is 0 Å². The monoisotopic (exact) mass is 168 g/mol. The van der Waals surface area contributed by atoms with Crippen molar-refractivity contribution in [2.24, 2.45) is 0 Å². The molecule has 0 atom stereocenters. The molecule has 62 valence electrons. The number of halogens is 2. The maximum absolute atomic E-state index is 12.9. The van der Waals surface area contributed by atoms with E-state index in [1.165, 1.54) is 30.6 Å². The molecule has 0 aliphatic carbocycles. The summed E-state index contributed by atoms with van der Waals surface area (Å²) in [5.41, 5.74) is -0.168. The van der Waals surface area contributed by atoms with Crippen molar-refractivity contribution in [1.82, 2.24) is 4.98 Å². The largest absolute Gasteiger partial charge is 0.286 e. The maximum Gasteiger partial charge on any atom is 0.286 e. The zero-order valence-corrected chi connectivity index (χ0v) is 6.17. The summed E-state index contributed by atoms with van der Waals surface area (Å²) in [4.78, 5) is 3.60. The second-order valence-corrected chi connectivity index (χ2v) is 2.28. The van der Waals surface area contributed by atoms with E-state index in [0.717, 1.165) is 0 Å². The van der Waals surface area contributed by atoms with Gasteiger partial charge in [-0.15, -0.1) is 0 Å². The third-order valence-corrected chi connectivity index (χ3v) is 1.40. The Morgan fingerprint density at radius 1 is 1.42 bits per heavy atom. The number of pyridine rings is 1. The number of hydrogen-bond donors (Lipinski definition) is 0. The molecule has 12 heavy (non-hydrogen) atoms. The van der Waals surface area contributed by atoms with Crippen LogP contribution in [0.5, 0.6) is 0 Å². The van der Waals surface area contributed by atoms with Crippen LogP contribution in [0.4, 0.5) is 8.78 Å². The van der Waals surface area contributed by atoms with Crippen LogP contribution in [0.3, 0.4) is 0 Å². The Hall–Kier alpha value is -1.50. The van der Waals surface area contributed by atoms with Crippen LogP contribution in [0.1, 0.15) is 12.0 Å². The van der Waals surface area contributed by atoms with E-state index in [4.69, 9.17) is 5.26 Å². The lowest BCUT2D eigenvalue weighted by atomic mass is 10.1. The molecular weight excluding hydrogens is 162 g/mol. The Bertz CT molecular complexity index is 290. The molecule has 0 N–H and O–H groups in total. The van der Waals surface area contributed by atoms with Gasteiger partial charge in [0.1, 0.15) is 6.42 Å². The van der Waals surface area contributed by atoms with Crippen LogP contribution in [-0.4, -0.2) is 4.98 Å². The summed E-state index contributed by atoms with van der Waals surface area (Å²) in [6.45, 7) is 0. The molecule has 0 aliphatic rings. The van der Waals surface area contributed by atoms with Gasteiger partial charge < -0.3 is 0 Å². The van der Waals surface area contributed by atoms with Gasteiger partial charge >= 0.3 is 0 Å². The molecule has 2 nitrogen and oxygen atoms in total. The molecule has 0 spiro atoms. The van der Waals surface area contributed by atoms with Gasteiger partial charge in [0.2, 0.25) is 0 Å². The van der Waals surface area contributed by atoms with Crippen molar-refractivity contribution in [2.45, 2.75) is 12.3 Å². The second kappa shape index (κ2) is 3.26. The first-order valence-corrected chi connectivity index (χ1v) is 3.32. The van der Waals surface area contributed by atoms with Crippen LogP contribution in [0.15, 0.2) is 24.5 Å². The molecule has 1 heterocycles. The first kappa shape index (κ1) is 8.60. The van der Waals surface area contributed by atoms with Crippen LogP contribution >= 0.6 is 0 Å². The molecule has 0 saturated heterocycles. The average molecular weight is 168 g/mol. The Morgan fingerprint density at radius 2 is 2.00 bits per heavy atom. The average Bonchev–Trinajstić information content (AvgIpc) is 2.06. The van der Waals surface area contributed by atoms with Crippen molar-refractivity contribution >= 4 is 0 Å². The number of aromatic nitrogens is 1. The quantitative estimate of drug-likeness (QED) is 0.677. The fourth-order valence-electron chi connectivity index (χ4n) is 0.797. The van der Waals surface area contributed by atoms with E-state index >= 15 is 0 Å². The van der Waals surface area contributed by atoms with Crippen molar-refractivity contribution in [3.8, 4) is 6.07 Å². The van der Waals surface area contributed by atoms with E-state index in [1.54, 1.807) is 0 Å². The van der Waals surface area contributed by atoms with Crippen LogP contribution in [0.2, 0.25) is 0 Å². The summed E-state index contributed by atoms with van der Waals surface area (Å²) in [7, 11) is 0. The fourth-order valence-corrected chi connectivity index (χ4v) is 0.797. The van der Waals surface area contributed by atoms with Gasteiger partial charge in [-0.3, -0.25) is 4.98 Å². The van der Waals surface area contributed by atoms with Crippen molar-refractivity contribution in [3.05, 3.63) is 30.1 Å². The predicted molar refractivity (Wildman–Crippen MR) is 38.4 cm³/mol. The molecule has 0 unspecified atom stereocenters. The number of rotatable bonds is 2. The predicted octanol–water partition coefficient (Wildman–Crippen LogP) is 2.09. The maximum atomic E-state index is 12.9. The van der Waals surface area contributed by atoms with Crippen molar-refractivity contribution < 1.29 is 8.78 Å². The molecule has 0 bridgehead atoms. The van der Waals surface area contributed by atoms with Gasteiger partial charge in [0.25, 0.3) is 5.92 Å². The van der Waals surface area contributed by atoms with Crippen molar-refractivity contribution in [3.63, 3.8) is 0 Å². The molecule has 1 rings (SSSR count). The minimum Gasteiger partial charge on any atom is -0.265 e. The standard InChI is InChI=1S/C8H6F2N2/c9-8(10,3-4-11)7-1-5-12-6-2-7/h1-2,5-6H,3H2. The number of nitrogens with zero attached hydrogens (tertiary/aromatic N) is 2. The first-order chi connectivity index (χ1) is 5.67. The van der Waals surface area contributed by atoms with Crippen LogP contribution in [-0.2, 0) is 5.92 Å². The molecule has 0 aliphatic heterocycles. The van der Waals surface area contributed by atoms with Crippen LogP contribution < -0.4 is 0 Å². The summed E-state index contributed by atoms with van der Waals surface area (Å²) in [5, 5.41) is 8.12. The number of hydrogen-bond acceptors (Lipinski definition) is 2. The first-order valence-electron chi connectivity index (χ1n) is 3.32. The highest BCUT2D eigenvalue weighted by atomic mass is 19.3. The Labute approximate surface area is 68.5 Å². The highest BCUT2D eigenvalue weighted by molar-refractivity contribution is 5.17. The lowest BCUT2D eigenvalue weighted by Crippen LogP contribution is -2.11. The highest BCUT2D eigenvalue weighted by Gasteiger charge is 2.30. The smallest absolute Gasteiger partial charge is 0.265 e. The van der Waals surface area contributed by atoms with E-state index < -0.39 is 12.3 Å². The molecule has 0 amide bonds. The van der Waals surface area contributed by atoms with Crippen molar-refractivity contribution in [2.75, 3.05) is 0 Å². The number of alkyl halides is 2. The summed E-state index contributed by atoms with van der Waals surface area (Å²) < 4.78 is 25.8. The van der Waals surface area contributed by atoms with Gasteiger partial charge in [0.05, 0.1) is 6.07 Å². The topological polar surface area (TPSA) is 36.7 Å². The molecule has 4 heteroatoms. The lowest BCUT2D eigenvalue weighted by Gasteiger charge is -2.11. The zero-order chi connectivity index (χ0) is 9.03. The minimum atomic E-state index is -3.06. The minimum absolute atomic E-state index is 0.168. The molecule has 0 fully saturated rings. The molecule has 1 aromatic rings. The lowest BCUT2D eigenvalue weighted by molar-refractivity contribution is 0.000864. The van der Waals surface area contributed by atoms with E-state index in [-0.39, 0.29) is 5.56 Å². The molecule has 0 radical (unpaired) electrons. The molecule has 0 saturated carbocycles. The van der Waals surface area contributed by atoms with E-state index in [2.05, 4.69) is 4.98 Å². The van der Waals surface area contributed by atoms with Crippen LogP contribution in [0.25, 0.3) is 0 Å². The zero-order valence-electron chi connectivity index (χ0n) is 6.17. The van der Waals surface area contributed by atoms with Gasteiger partial charge in [-0.25, -0.2) is 8.78 Å². The van der Waals surface area contributed by atoms with E-state index in [9.17, 15) is 8.78 Å². The number of nitriles is 1. The second-order valence-electron chi connectivity index (χ2n) is 2.28. The Kier molecular flexibility index (Phi) is 2.34. The SMILES string of the molecule is N#CCC(F)(F)c1ccncc1. The Balaban J connectivity index is 2.91. The van der Waals surface area contributed by atoms with E-state index in [1.807, 2.05) is 0 Å². The van der Waals surface area contributed by atoms with Gasteiger partial charge in [0, 0.05) is 18.0 Å². The Morgan fingerprint density at radius 3 is 2.50 bits per heavy atom. The highest BCUT2D eigenvalue weighted by Crippen LogP contribution is 2.30. The van der Waals surface area contributed by atoms with Crippen molar-refractivity contribution in [1.29, 1.82) is 5.26 Å². The summed E-state index contributed by atoms with van der Waals surface area (Å²) in [6.07, 6.45) is 1.76. The summed E-state index contributed by atoms with van der Waals surface area (Å²) in [5.74, 6) is -3.06. The fraction of sp³-hybridized carbons (Fsp3) is 0.250. The van der Waals surface area contributed by atoms with Crippen LogP contribution in [0, 0.1) is 11.3 Å². The molecule has 1 aromatic heterocycles. The van der Waals surface area contributed by atoms with Gasteiger partial charge in [0.15, 0.2) is 0 Å². The normalized spacial score (nSPS) is 10.8. The third kappa shape index (κ3) is 1.76. The van der Waals surface area contributed by atoms with Gasteiger partial charge in [-0.05, 0) is 12.1 Å². The molecular formula is C8H6F2N2. The summed E-state index contributed by atoms with van der Waals surface area (Å²) >= 11 is 0. The van der Waals surface area contributed by atoms with E-state index in [0.29, 0.717) is 0 Å². The summed E-state index contributed by atoms with van der Waals surface area (Å²) in [6, 6.07) is 3.85. The van der Waals surface area contributed by atoms with Gasteiger partial charge in [-0.2, -0.15) is 5.26 Å².